The fourth-order valence-corrected chi connectivity index (χ4v) is 10.9. The van der Waals surface area contributed by atoms with Crippen molar-refractivity contribution < 1.29 is 55.3 Å². The van der Waals surface area contributed by atoms with Gasteiger partial charge in [0.25, 0.3) is 0 Å². The first kappa shape index (κ1) is 44.9. The second-order valence-electron chi connectivity index (χ2n) is 16.1. The first-order chi connectivity index (χ1) is 28.3. The Morgan fingerprint density at radius 3 is 1.47 bits per heavy atom. The summed E-state index contributed by atoms with van der Waals surface area (Å²) >= 11 is 2.06. The van der Waals surface area contributed by atoms with Crippen molar-refractivity contribution in [3.05, 3.63) is 25.3 Å². The highest BCUT2D eigenvalue weighted by Crippen LogP contribution is 2.58. The van der Waals surface area contributed by atoms with Crippen LogP contribution in [0.4, 0.5) is 11.6 Å². The van der Waals surface area contributed by atoms with Gasteiger partial charge in [-0.25, -0.2) is 39.0 Å². The van der Waals surface area contributed by atoms with Crippen LogP contribution in [0.5, 0.6) is 0 Å². The molecule has 0 saturated carbocycles. The van der Waals surface area contributed by atoms with Crippen molar-refractivity contribution in [2.75, 3.05) is 49.4 Å². The van der Waals surface area contributed by atoms with Crippen LogP contribution < -0.4 is 11.5 Å². The van der Waals surface area contributed by atoms with Crippen molar-refractivity contribution in [1.29, 1.82) is 0 Å². The van der Waals surface area contributed by atoms with Gasteiger partial charge in [-0.2, -0.15) is 0 Å². The number of nitrogen functional groups attached to an aromatic ring is 2. The highest BCUT2D eigenvalue weighted by Gasteiger charge is 2.49. The van der Waals surface area contributed by atoms with Gasteiger partial charge in [0.05, 0.1) is 39.1 Å². The van der Waals surface area contributed by atoms with E-state index in [0.717, 1.165) is 23.5 Å². The smallest absolute Gasteiger partial charge is 0.382 e. The van der Waals surface area contributed by atoms with E-state index in [9.17, 15) is 18.7 Å². The summed E-state index contributed by atoms with van der Waals surface area (Å²) in [5.74, 6) is 0.613. The molecule has 0 amide bonds. The van der Waals surface area contributed by atoms with E-state index in [1.807, 2.05) is 0 Å². The Morgan fingerprint density at radius 2 is 1.08 bits per heavy atom. The monoisotopic (exact) mass is 914 g/mol. The zero-order valence-electron chi connectivity index (χ0n) is 33.8. The summed E-state index contributed by atoms with van der Waals surface area (Å²) in [6, 6.07) is 0. The Balaban J connectivity index is 1.18. The van der Waals surface area contributed by atoms with Crippen molar-refractivity contribution in [1.82, 2.24) is 39.0 Å². The van der Waals surface area contributed by atoms with Crippen molar-refractivity contribution in [3.8, 4) is 0 Å². The number of anilines is 2. The highest BCUT2D eigenvalue weighted by atomic mass is 32.2. The minimum absolute atomic E-state index is 0.0399. The van der Waals surface area contributed by atoms with E-state index >= 15 is 0 Å². The zero-order valence-corrected chi connectivity index (χ0v) is 37.2. The molecular formula is C34H48N10O12P2S2. The predicted octanol–water partition coefficient (Wildman–Crippen LogP) is 5.08. The van der Waals surface area contributed by atoms with E-state index in [0.29, 0.717) is 22.3 Å². The molecule has 60 heavy (non-hydrogen) atoms. The average Bonchev–Trinajstić information content (AvgIpc) is 3.98. The Hall–Kier alpha value is -3.12. The second-order valence-corrected chi connectivity index (χ2v) is 21.5. The molecule has 0 spiro atoms. The molecule has 0 radical (unpaired) electrons. The standard InChI is InChI=1S/C34H48N10O12P2S2/c1-33(2,3)31(45)59-9-7-49-57(47)51-13-21-20(12-24(53-21)44-18-42-26-28(36)38-16-40-30(26)44)56-58(48,50-8-10-60-32(46)34(4,5)6)52-14-22-19(55-57)11-23(54-22)43-17-41-25-27(35)37-15-39-29(25)43/h15-24H,7-14H2,1-6H3,(H2,35,37,39)(H2,36,38,40)/t19-,20-,21?,22?,23-,24-,57?,58?/m1/s1. The molecule has 4 aromatic rings. The van der Waals surface area contributed by atoms with Gasteiger partial charge in [-0.3, -0.25) is 45.9 Å². The molecule has 3 fully saturated rings. The maximum atomic E-state index is 14.7. The Kier molecular flexibility index (Phi) is 13.4. The van der Waals surface area contributed by atoms with Gasteiger partial charge in [0.2, 0.25) is 0 Å². The number of hydrogen-bond acceptors (Lipinski definition) is 22. The van der Waals surface area contributed by atoms with E-state index in [-0.39, 0.29) is 59.4 Å². The molecule has 4 aromatic heterocycles. The van der Waals surface area contributed by atoms with Crippen LogP contribution in [0, 0.1) is 10.8 Å². The van der Waals surface area contributed by atoms with E-state index in [2.05, 4.69) is 29.9 Å². The molecule has 3 saturated heterocycles. The van der Waals surface area contributed by atoms with E-state index in [1.165, 1.54) is 25.3 Å². The van der Waals surface area contributed by atoms with E-state index < -0.39 is 76.6 Å². The fourth-order valence-electron chi connectivity index (χ4n) is 6.28. The maximum Gasteiger partial charge on any atom is 0.475 e. The summed E-state index contributed by atoms with van der Waals surface area (Å²) in [6.07, 6.45) is -0.318. The number of thioether (sulfide) groups is 2. The average molecular weight is 915 g/mol. The SMILES string of the molecule is CC(C)(C)C(=O)SCCOP1(=O)OCC2O[C@@H](n3cnc4c(N)ncnc43)C[C@H]2OP(=O)(OCCSC(=O)C(C)(C)C)OCC2O[C@@H](n3cnc4c(N)ncnc43)C[C@H]2O1. The molecule has 8 atom stereocenters. The van der Waals surface area contributed by atoms with Crippen molar-refractivity contribution in [3.63, 3.8) is 0 Å². The Labute approximate surface area is 353 Å². The molecule has 4 unspecified atom stereocenters. The predicted molar refractivity (Wildman–Crippen MR) is 219 cm³/mol. The topological polar surface area (TPSA) is 281 Å². The summed E-state index contributed by atoms with van der Waals surface area (Å²) in [5, 5.41) is -0.164. The number of aromatic nitrogens is 8. The van der Waals surface area contributed by atoms with Crippen LogP contribution in [-0.2, 0) is 55.3 Å². The van der Waals surface area contributed by atoms with Crippen LogP contribution in [0.3, 0.4) is 0 Å². The molecule has 7 rings (SSSR count). The van der Waals surface area contributed by atoms with Crippen molar-refractivity contribution >= 4 is 83.4 Å². The molecule has 3 aliphatic rings. The second kappa shape index (κ2) is 17.9. The van der Waals surface area contributed by atoms with Gasteiger partial charge in [0, 0.05) is 35.2 Å². The number of phosphoric ester groups is 2. The van der Waals surface area contributed by atoms with Crippen LogP contribution in [0.2, 0.25) is 0 Å². The molecule has 3 aliphatic heterocycles. The third kappa shape index (κ3) is 10.2. The summed E-state index contributed by atoms with van der Waals surface area (Å²) in [4.78, 5) is 50.6. The largest absolute Gasteiger partial charge is 0.475 e. The Bertz CT molecular complexity index is 2150. The highest BCUT2D eigenvalue weighted by molar-refractivity contribution is 8.14. The number of rotatable bonds is 10. The summed E-state index contributed by atoms with van der Waals surface area (Å²) < 4.78 is 81.6. The lowest BCUT2D eigenvalue weighted by atomic mass is 9.99. The molecule has 0 bridgehead atoms. The molecule has 26 heteroatoms. The number of nitrogens with zero attached hydrogens (tertiary/aromatic N) is 8. The van der Waals surface area contributed by atoms with Gasteiger partial charge >= 0.3 is 15.6 Å². The summed E-state index contributed by atoms with van der Waals surface area (Å²) in [7, 11) is -9.01. The van der Waals surface area contributed by atoms with Crippen molar-refractivity contribution in [2.45, 2.75) is 91.3 Å². The van der Waals surface area contributed by atoms with Gasteiger partial charge in [0.15, 0.2) is 33.2 Å². The lowest BCUT2D eigenvalue weighted by Crippen LogP contribution is -2.33. The number of ether oxygens (including phenoxy) is 2. The van der Waals surface area contributed by atoms with Crippen molar-refractivity contribution in [2.24, 2.45) is 10.8 Å². The first-order valence-corrected chi connectivity index (χ1v) is 23.9. The number of carbonyl (C=O) groups is 2. The van der Waals surface area contributed by atoms with Crippen LogP contribution in [0.15, 0.2) is 25.3 Å². The molecule has 4 N–H and O–H groups in total. The minimum atomic E-state index is -4.50. The summed E-state index contributed by atoms with van der Waals surface area (Å²) in [5.41, 5.74) is 12.3. The molecule has 0 aromatic carbocycles. The van der Waals surface area contributed by atoms with Gasteiger partial charge in [-0.05, 0) is 0 Å². The summed E-state index contributed by atoms with van der Waals surface area (Å²) in [6.45, 7) is 9.52. The molecule has 22 nitrogen and oxygen atoms in total. The van der Waals surface area contributed by atoms with Crippen LogP contribution in [0.25, 0.3) is 22.3 Å². The lowest BCUT2D eigenvalue weighted by molar-refractivity contribution is -0.118. The minimum Gasteiger partial charge on any atom is -0.382 e. The van der Waals surface area contributed by atoms with Crippen LogP contribution >= 0.6 is 39.2 Å². The maximum absolute atomic E-state index is 14.7. The third-order valence-corrected chi connectivity index (χ3v) is 14.9. The molecule has 328 valence electrons. The van der Waals surface area contributed by atoms with E-state index in [1.54, 1.807) is 50.7 Å². The molecule has 0 aliphatic carbocycles. The van der Waals surface area contributed by atoms with Gasteiger partial charge in [-0.1, -0.05) is 65.1 Å². The van der Waals surface area contributed by atoms with E-state index in [4.69, 9.17) is 48.1 Å². The number of imidazole rings is 2. The normalized spacial score (nSPS) is 29.2. The third-order valence-electron chi connectivity index (χ3n) is 9.43. The molecular weight excluding hydrogens is 867 g/mol. The van der Waals surface area contributed by atoms with Crippen LogP contribution in [0.1, 0.15) is 66.8 Å². The van der Waals surface area contributed by atoms with Gasteiger partial charge in [-0.15, -0.1) is 0 Å². The molecule has 7 heterocycles. The zero-order chi connectivity index (χ0) is 43.0. The quantitative estimate of drug-likeness (QED) is 0.155. The Morgan fingerprint density at radius 1 is 0.683 bits per heavy atom. The van der Waals surface area contributed by atoms with Crippen LogP contribution in [-0.4, -0.2) is 112 Å². The van der Waals surface area contributed by atoms with Gasteiger partial charge < -0.3 is 20.9 Å². The number of phosphoric acid groups is 2. The fraction of sp³-hybridized carbons (Fsp3) is 0.647. The number of hydrogen-bond donors (Lipinski definition) is 2. The first-order valence-electron chi connectivity index (χ1n) is 19.0. The number of carbonyl (C=O) groups excluding carboxylic acids is 2. The number of nitrogens with two attached hydrogens (primary N) is 2. The lowest BCUT2D eigenvalue weighted by Gasteiger charge is -2.29. The number of fused-ring (bicyclic) bond motifs is 4. The van der Waals surface area contributed by atoms with Gasteiger partial charge in [0.1, 0.15) is 60.6 Å².